The molecule has 8 heteroatoms. The van der Waals surface area contributed by atoms with Crippen molar-refractivity contribution >= 4 is 43.1 Å². The van der Waals surface area contributed by atoms with Gasteiger partial charge in [0, 0.05) is 11.4 Å². The first-order valence-corrected chi connectivity index (χ1v) is 11.2. The van der Waals surface area contributed by atoms with Crippen LogP contribution in [0.4, 0.5) is 11.5 Å². The molecule has 4 rings (SSSR count). The Bertz CT molecular complexity index is 1090. The number of aromatic nitrogens is 2. The van der Waals surface area contributed by atoms with E-state index >= 15 is 0 Å². The minimum atomic E-state index is -3.32. The average Bonchev–Trinajstić information content (AvgIpc) is 3.12. The Morgan fingerprint density at radius 1 is 1.19 bits per heavy atom. The summed E-state index contributed by atoms with van der Waals surface area (Å²) in [5, 5.41) is 4.53. The van der Waals surface area contributed by atoms with Gasteiger partial charge in [0.1, 0.15) is 16.5 Å². The number of nitrogens with zero attached hydrogens (tertiary/aromatic N) is 2. The lowest BCUT2D eigenvalue weighted by Gasteiger charge is -2.13. The Kier molecular flexibility index (Phi) is 4.32. The summed E-state index contributed by atoms with van der Waals surface area (Å²) >= 11 is 1.76. The van der Waals surface area contributed by atoms with E-state index in [-0.39, 0.29) is 0 Å². The first-order chi connectivity index (χ1) is 12.4. The van der Waals surface area contributed by atoms with Gasteiger partial charge in [-0.1, -0.05) is 18.2 Å². The van der Waals surface area contributed by atoms with Crippen LogP contribution >= 0.6 is 11.3 Å². The molecule has 0 saturated heterocycles. The number of anilines is 2. The van der Waals surface area contributed by atoms with Crippen LogP contribution in [0.5, 0.6) is 0 Å². The predicted octanol–water partition coefficient (Wildman–Crippen LogP) is 3.47. The van der Waals surface area contributed by atoms with Crippen molar-refractivity contribution in [3.05, 3.63) is 46.1 Å². The Morgan fingerprint density at radius 3 is 2.81 bits per heavy atom. The monoisotopic (exact) mass is 388 g/mol. The van der Waals surface area contributed by atoms with Gasteiger partial charge in [0.25, 0.3) is 0 Å². The molecule has 3 aromatic rings. The molecular formula is C18H20N4O2S2. The van der Waals surface area contributed by atoms with E-state index in [9.17, 15) is 8.42 Å². The van der Waals surface area contributed by atoms with Crippen molar-refractivity contribution in [1.29, 1.82) is 0 Å². The maximum absolute atomic E-state index is 11.6. The minimum Gasteiger partial charge on any atom is -0.365 e. The number of sulfonamides is 1. The highest BCUT2D eigenvalue weighted by Crippen LogP contribution is 2.39. The van der Waals surface area contributed by atoms with Gasteiger partial charge in [0.15, 0.2) is 0 Å². The number of rotatable bonds is 5. The van der Waals surface area contributed by atoms with Crippen LogP contribution in [0.25, 0.3) is 10.2 Å². The standard InChI is InChI=1S/C18H20N4O2S2/c1-11-20-17(16-13-7-5-9-15(13)25-18(16)21-11)19-10-12-6-3-4-8-14(12)22-26(2,23)24/h3-4,6,8,22H,5,7,9-10H2,1-2H3,(H,19,20,21). The molecule has 0 atom stereocenters. The molecule has 2 heterocycles. The van der Waals surface area contributed by atoms with Crippen LogP contribution in [-0.2, 0) is 29.4 Å². The van der Waals surface area contributed by atoms with E-state index in [1.165, 1.54) is 16.9 Å². The van der Waals surface area contributed by atoms with E-state index in [0.29, 0.717) is 12.2 Å². The molecule has 0 fully saturated rings. The number of fused-ring (bicyclic) bond motifs is 3. The predicted molar refractivity (Wildman–Crippen MR) is 106 cm³/mol. The SMILES string of the molecule is Cc1nc(NCc2ccccc2NS(C)(=O)=O)c2c3c(sc2n1)CCC3. The molecule has 0 saturated carbocycles. The number of para-hydroxylation sites is 1. The van der Waals surface area contributed by atoms with E-state index in [4.69, 9.17) is 0 Å². The summed E-state index contributed by atoms with van der Waals surface area (Å²) in [6.45, 7) is 2.38. The van der Waals surface area contributed by atoms with Gasteiger partial charge in [-0.15, -0.1) is 11.3 Å². The quantitative estimate of drug-likeness (QED) is 0.699. The van der Waals surface area contributed by atoms with E-state index < -0.39 is 10.0 Å². The molecule has 2 N–H and O–H groups in total. The highest BCUT2D eigenvalue weighted by molar-refractivity contribution is 7.92. The first kappa shape index (κ1) is 17.2. The maximum Gasteiger partial charge on any atom is 0.229 e. The van der Waals surface area contributed by atoms with Crippen LogP contribution < -0.4 is 10.0 Å². The summed E-state index contributed by atoms with van der Waals surface area (Å²) in [4.78, 5) is 11.7. The second-order valence-corrected chi connectivity index (χ2v) is 9.37. The number of hydrogen-bond acceptors (Lipinski definition) is 6. The zero-order valence-corrected chi connectivity index (χ0v) is 16.3. The first-order valence-electron chi connectivity index (χ1n) is 8.49. The second kappa shape index (κ2) is 6.51. The fourth-order valence-electron chi connectivity index (χ4n) is 3.38. The highest BCUT2D eigenvalue weighted by atomic mass is 32.2. The summed E-state index contributed by atoms with van der Waals surface area (Å²) in [5.41, 5.74) is 2.82. The minimum absolute atomic E-state index is 0.481. The lowest BCUT2D eigenvalue weighted by Crippen LogP contribution is -2.13. The van der Waals surface area contributed by atoms with Crippen LogP contribution in [0.3, 0.4) is 0 Å². The van der Waals surface area contributed by atoms with Gasteiger partial charge in [-0.05, 0) is 43.4 Å². The van der Waals surface area contributed by atoms with Crippen molar-refractivity contribution < 1.29 is 8.42 Å². The summed E-state index contributed by atoms with van der Waals surface area (Å²) in [5.74, 6) is 1.57. The van der Waals surface area contributed by atoms with Crippen molar-refractivity contribution in [1.82, 2.24) is 9.97 Å². The Labute approximate surface area is 156 Å². The topological polar surface area (TPSA) is 84.0 Å². The van der Waals surface area contributed by atoms with Crippen LogP contribution in [0.15, 0.2) is 24.3 Å². The van der Waals surface area contributed by atoms with Crippen molar-refractivity contribution in [2.24, 2.45) is 0 Å². The number of nitrogens with one attached hydrogen (secondary N) is 2. The lowest BCUT2D eigenvalue weighted by atomic mass is 10.1. The Hall–Kier alpha value is -2.19. The number of benzene rings is 1. The number of thiophene rings is 1. The van der Waals surface area contributed by atoms with Crippen molar-refractivity contribution in [2.45, 2.75) is 32.7 Å². The van der Waals surface area contributed by atoms with Gasteiger partial charge >= 0.3 is 0 Å². The van der Waals surface area contributed by atoms with Crippen molar-refractivity contribution in [3.8, 4) is 0 Å². The molecule has 0 radical (unpaired) electrons. The van der Waals surface area contributed by atoms with E-state index in [0.717, 1.165) is 46.5 Å². The molecule has 26 heavy (non-hydrogen) atoms. The van der Waals surface area contributed by atoms with E-state index in [1.54, 1.807) is 17.4 Å². The van der Waals surface area contributed by atoms with Gasteiger partial charge in [0.2, 0.25) is 10.0 Å². The van der Waals surface area contributed by atoms with Crippen LogP contribution in [0, 0.1) is 6.92 Å². The van der Waals surface area contributed by atoms with Gasteiger partial charge in [-0.25, -0.2) is 18.4 Å². The molecule has 0 bridgehead atoms. The third kappa shape index (κ3) is 3.39. The summed E-state index contributed by atoms with van der Waals surface area (Å²) < 4.78 is 25.8. The molecule has 0 aliphatic heterocycles. The van der Waals surface area contributed by atoms with E-state index in [2.05, 4.69) is 20.0 Å². The lowest BCUT2D eigenvalue weighted by molar-refractivity contribution is 0.606. The van der Waals surface area contributed by atoms with Gasteiger partial charge < -0.3 is 5.32 Å². The van der Waals surface area contributed by atoms with Crippen molar-refractivity contribution in [2.75, 3.05) is 16.3 Å². The molecule has 2 aromatic heterocycles. The molecule has 0 amide bonds. The van der Waals surface area contributed by atoms with E-state index in [1.807, 2.05) is 25.1 Å². The largest absolute Gasteiger partial charge is 0.365 e. The second-order valence-electron chi connectivity index (χ2n) is 6.54. The van der Waals surface area contributed by atoms with Gasteiger partial charge in [-0.2, -0.15) is 0 Å². The molecular weight excluding hydrogens is 368 g/mol. The average molecular weight is 389 g/mol. The van der Waals surface area contributed by atoms with Crippen molar-refractivity contribution in [3.63, 3.8) is 0 Å². The molecule has 1 aromatic carbocycles. The number of hydrogen-bond donors (Lipinski definition) is 2. The summed E-state index contributed by atoms with van der Waals surface area (Å²) in [6, 6.07) is 7.38. The fraction of sp³-hybridized carbons (Fsp3) is 0.333. The zero-order valence-electron chi connectivity index (χ0n) is 14.7. The third-order valence-corrected chi connectivity index (χ3v) is 6.21. The summed E-state index contributed by atoms with van der Waals surface area (Å²) in [6.07, 6.45) is 4.54. The van der Waals surface area contributed by atoms with Crippen LogP contribution in [0.2, 0.25) is 0 Å². The Balaban J connectivity index is 1.67. The van der Waals surface area contributed by atoms with Gasteiger partial charge in [0.05, 0.1) is 17.3 Å². The zero-order chi connectivity index (χ0) is 18.3. The van der Waals surface area contributed by atoms with Gasteiger partial charge in [-0.3, -0.25) is 4.72 Å². The molecule has 0 unspecified atom stereocenters. The highest BCUT2D eigenvalue weighted by Gasteiger charge is 2.22. The molecule has 0 spiro atoms. The molecule has 136 valence electrons. The third-order valence-electron chi connectivity index (χ3n) is 4.44. The smallest absolute Gasteiger partial charge is 0.229 e. The molecule has 1 aliphatic rings. The fourth-order valence-corrected chi connectivity index (χ4v) is 5.29. The normalized spacial score (nSPS) is 13.8. The number of aryl methyl sites for hydroxylation is 3. The maximum atomic E-state index is 11.6. The molecule has 1 aliphatic carbocycles. The molecule has 6 nitrogen and oxygen atoms in total. The van der Waals surface area contributed by atoms with Crippen LogP contribution in [0.1, 0.15) is 28.2 Å². The Morgan fingerprint density at radius 2 is 2.00 bits per heavy atom. The summed E-state index contributed by atoms with van der Waals surface area (Å²) in [7, 11) is -3.32. The van der Waals surface area contributed by atoms with Crippen LogP contribution in [-0.4, -0.2) is 24.6 Å².